The fourth-order valence-electron chi connectivity index (χ4n) is 2.46. The quantitative estimate of drug-likeness (QED) is 0.768. The van der Waals surface area contributed by atoms with E-state index >= 15 is 0 Å². The maximum atomic E-state index is 12.8. The van der Waals surface area contributed by atoms with Gasteiger partial charge in [0.25, 0.3) is 0 Å². The highest BCUT2D eigenvalue weighted by Gasteiger charge is 2.15. The Morgan fingerprint density at radius 2 is 1.76 bits per heavy atom. The molecule has 4 heteroatoms. The first-order valence-electron chi connectivity index (χ1n) is 7.34. The van der Waals surface area contributed by atoms with Crippen molar-refractivity contribution in [1.82, 2.24) is 0 Å². The van der Waals surface area contributed by atoms with E-state index in [1.165, 1.54) is 0 Å². The molecule has 0 aliphatic rings. The van der Waals surface area contributed by atoms with Crippen molar-refractivity contribution in [2.75, 3.05) is 18.0 Å². The zero-order valence-electron chi connectivity index (χ0n) is 13.0. The first-order chi connectivity index (χ1) is 9.88. The van der Waals surface area contributed by atoms with Crippen molar-refractivity contribution in [3.05, 3.63) is 38.8 Å². The second-order valence-electron chi connectivity index (χ2n) is 6.28. The smallest absolute Gasteiger partial charge is 0.211 e. The lowest BCUT2D eigenvalue weighted by molar-refractivity contribution is 0.552. The summed E-state index contributed by atoms with van der Waals surface area (Å²) in [5.41, 5.74) is 0.893. The summed E-state index contributed by atoms with van der Waals surface area (Å²) in [6.07, 6.45) is 0. The van der Waals surface area contributed by atoms with Crippen molar-refractivity contribution in [3.8, 4) is 0 Å². The number of fused-ring (bicyclic) bond motifs is 1. The molecule has 114 valence electrons. The molecule has 2 aromatic rings. The van der Waals surface area contributed by atoms with Gasteiger partial charge < -0.3 is 4.90 Å². The third kappa shape index (κ3) is 3.98. The summed E-state index contributed by atoms with van der Waals surface area (Å²) >= 11 is 7.65. The summed E-state index contributed by atoms with van der Waals surface area (Å²) in [5.74, 6) is 1.03. The van der Waals surface area contributed by atoms with Gasteiger partial charge >= 0.3 is 0 Å². The van der Waals surface area contributed by atoms with Crippen molar-refractivity contribution in [2.24, 2.45) is 11.8 Å². The minimum Gasteiger partial charge on any atom is -0.367 e. The molecular weight excluding hydrogens is 302 g/mol. The topological polar surface area (TPSA) is 20.3 Å². The highest BCUT2D eigenvalue weighted by Crippen LogP contribution is 2.25. The predicted octanol–water partition coefficient (Wildman–Crippen LogP) is 5.03. The lowest BCUT2D eigenvalue weighted by Crippen LogP contribution is -2.34. The summed E-state index contributed by atoms with van der Waals surface area (Å²) in [6.45, 7) is 10.5. The Morgan fingerprint density at radius 1 is 1.14 bits per heavy atom. The molecule has 0 N–H and O–H groups in total. The van der Waals surface area contributed by atoms with Crippen LogP contribution in [-0.2, 0) is 0 Å². The van der Waals surface area contributed by atoms with Crippen molar-refractivity contribution in [2.45, 2.75) is 27.7 Å². The fourth-order valence-corrected chi connectivity index (χ4v) is 3.56. The van der Waals surface area contributed by atoms with Gasteiger partial charge in [0.1, 0.15) is 0 Å². The van der Waals surface area contributed by atoms with Crippen LogP contribution >= 0.6 is 22.9 Å². The number of hydrogen-bond acceptors (Lipinski definition) is 3. The Labute approximate surface area is 135 Å². The molecule has 0 atom stereocenters. The zero-order valence-corrected chi connectivity index (χ0v) is 14.6. The van der Waals surface area contributed by atoms with Crippen molar-refractivity contribution >= 4 is 38.7 Å². The van der Waals surface area contributed by atoms with Crippen LogP contribution in [0.3, 0.4) is 0 Å². The van der Waals surface area contributed by atoms with Gasteiger partial charge in [-0.05, 0) is 30.0 Å². The molecule has 0 amide bonds. The molecule has 1 aromatic heterocycles. The van der Waals surface area contributed by atoms with Crippen LogP contribution in [0.25, 0.3) is 10.1 Å². The van der Waals surface area contributed by atoms with Crippen molar-refractivity contribution < 1.29 is 0 Å². The zero-order chi connectivity index (χ0) is 15.6. The van der Waals surface area contributed by atoms with E-state index in [1.54, 1.807) is 17.4 Å². The largest absolute Gasteiger partial charge is 0.367 e. The molecule has 2 nitrogen and oxygen atoms in total. The van der Waals surface area contributed by atoms with E-state index in [1.807, 2.05) is 17.5 Å². The van der Waals surface area contributed by atoms with Gasteiger partial charge in [0.05, 0.1) is 5.69 Å². The monoisotopic (exact) mass is 323 g/mol. The second kappa shape index (κ2) is 6.80. The first kappa shape index (κ1) is 16.3. The Morgan fingerprint density at radius 3 is 2.33 bits per heavy atom. The van der Waals surface area contributed by atoms with Crippen LogP contribution in [0.4, 0.5) is 5.69 Å². The molecule has 21 heavy (non-hydrogen) atoms. The van der Waals surface area contributed by atoms with E-state index in [9.17, 15) is 4.79 Å². The summed E-state index contributed by atoms with van der Waals surface area (Å²) in [5, 5.41) is 3.33. The predicted molar refractivity (Wildman–Crippen MR) is 95.0 cm³/mol. The van der Waals surface area contributed by atoms with E-state index in [-0.39, 0.29) is 5.43 Å². The number of anilines is 1. The Hall–Kier alpha value is -1.06. The maximum absolute atomic E-state index is 12.8. The fraction of sp³-hybridized carbons (Fsp3) is 0.471. The van der Waals surface area contributed by atoms with Gasteiger partial charge in [-0.1, -0.05) is 39.3 Å². The molecule has 0 unspecified atom stereocenters. The van der Waals surface area contributed by atoms with E-state index < -0.39 is 0 Å². The Balaban J connectivity index is 2.52. The average Bonchev–Trinajstić information content (AvgIpc) is 2.38. The standard InChI is InChI=1S/C17H22ClNOS/c1-11(2)8-19(9-12(3)4)15-10-21-16-6-5-13(18)7-14(16)17(15)20/h5-7,10-12H,8-9H2,1-4H3. The SMILES string of the molecule is CC(C)CN(CC(C)C)c1csc2ccc(Cl)cc2c1=O. The average molecular weight is 324 g/mol. The molecular formula is C17H22ClNOS. The maximum Gasteiger partial charge on any atom is 0.211 e. The molecule has 0 saturated heterocycles. The van der Waals surface area contributed by atoms with Gasteiger partial charge in [0.2, 0.25) is 5.43 Å². The number of nitrogens with zero attached hydrogens (tertiary/aromatic N) is 1. The van der Waals surface area contributed by atoms with E-state index in [0.717, 1.165) is 28.9 Å². The molecule has 0 radical (unpaired) electrons. The number of halogens is 1. The normalized spacial score (nSPS) is 11.6. The Bertz CT molecular complexity index is 668. The molecule has 0 saturated carbocycles. The van der Waals surface area contributed by atoms with Crippen LogP contribution in [0.15, 0.2) is 28.4 Å². The van der Waals surface area contributed by atoms with E-state index in [0.29, 0.717) is 16.9 Å². The molecule has 2 rings (SSSR count). The summed E-state index contributed by atoms with van der Waals surface area (Å²) < 4.78 is 0.988. The van der Waals surface area contributed by atoms with Gasteiger partial charge in [0.15, 0.2) is 0 Å². The molecule has 0 spiro atoms. The highest BCUT2D eigenvalue weighted by atomic mass is 35.5. The molecule has 1 heterocycles. The molecule has 0 aliphatic carbocycles. The van der Waals surface area contributed by atoms with Crippen LogP contribution in [0.1, 0.15) is 27.7 Å². The van der Waals surface area contributed by atoms with Gasteiger partial charge in [-0.15, -0.1) is 11.3 Å². The highest BCUT2D eigenvalue weighted by molar-refractivity contribution is 7.16. The van der Waals surface area contributed by atoms with E-state index in [4.69, 9.17) is 11.6 Å². The minimum absolute atomic E-state index is 0.0903. The lowest BCUT2D eigenvalue weighted by atomic mass is 10.1. The van der Waals surface area contributed by atoms with Crippen LogP contribution < -0.4 is 10.3 Å². The number of rotatable bonds is 5. The van der Waals surface area contributed by atoms with Crippen LogP contribution in [0, 0.1) is 11.8 Å². The minimum atomic E-state index is 0.0903. The number of hydrogen-bond donors (Lipinski definition) is 0. The van der Waals surface area contributed by atoms with Crippen molar-refractivity contribution in [1.29, 1.82) is 0 Å². The van der Waals surface area contributed by atoms with Gasteiger partial charge in [-0.25, -0.2) is 0 Å². The lowest BCUT2D eigenvalue weighted by Gasteiger charge is -2.27. The van der Waals surface area contributed by atoms with E-state index in [2.05, 4.69) is 32.6 Å². The van der Waals surface area contributed by atoms with Crippen LogP contribution in [0.2, 0.25) is 5.02 Å². The summed E-state index contributed by atoms with van der Waals surface area (Å²) in [4.78, 5) is 15.0. The van der Waals surface area contributed by atoms with Gasteiger partial charge in [0, 0.05) is 33.6 Å². The second-order valence-corrected chi connectivity index (χ2v) is 7.63. The molecule has 0 bridgehead atoms. The molecule has 0 aliphatic heterocycles. The molecule has 0 fully saturated rings. The number of benzene rings is 1. The van der Waals surface area contributed by atoms with Crippen LogP contribution in [-0.4, -0.2) is 13.1 Å². The van der Waals surface area contributed by atoms with Crippen LogP contribution in [0.5, 0.6) is 0 Å². The van der Waals surface area contributed by atoms with Gasteiger partial charge in [-0.3, -0.25) is 4.79 Å². The first-order valence-corrected chi connectivity index (χ1v) is 8.60. The third-order valence-electron chi connectivity index (χ3n) is 3.23. The molecule has 1 aromatic carbocycles. The third-order valence-corrected chi connectivity index (χ3v) is 4.41. The summed E-state index contributed by atoms with van der Waals surface area (Å²) in [7, 11) is 0. The van der Waals surface area contributed by atoms with Crippen molar-refractivity contribution in [3.63, 3.8) is 0 Å². The van der Waals surface area contributed by atoms with Gasteiger partial charge in [-0.2, -0.15) is 0 Å². The summed E-state index contributed by atoms with van der Waals surface area (Å²) in [6, 6.07) is 5.53. The Kier molecular flexibility index (Phi) is 5.28.